The highest BCUT2D eigenvalue weighted by Crippen LogP contribution is 2.20. The van der Waals surface area contributed by atoms with Gasteiger partial charge in [-0.1, -0.05) is 54.1 Å². The Morgan fingerprint density at radius 2 is 1.59 bits per heavy atom. The fourth-order valence-electron chi connectivity index (χ4n) is 1.56. The molecule has 0 bridgehead atoms. The summed E-state index contributed by atoms with van der Waals surface area (Å²) in [6, 6.07) is 15.3. The van der Waals surface area contributed by atoms with E-state index in [0.717, 1.165) is 0 Å². The molecule has 0 aromatic heterocycles. The highest BCUT2D eigenvalue weighted by atomic mass is 35.5. The van der Waals surface area contributed by atoms with Gasteiger partial charge in [-0.3, -0.25) is 4.79 Å². The van der Waals surface area contributed by atoms with E-state index in [9.17, 15) is 9.90 Å². The maximum atomic E-state index is 11.9. The lowest BCUT2D eigenvalue weighted by atomic mass is 10.0. The van der Waals surface area contributed by atoms with Crippen molar-refractivity contribution in [2.75, 3.05) is 0 Å². The lowest BCUT2D eigenvalue weighted by molar-refractivity contribution is 0.0747. The molecule has 0 aliphatic rings. The minimum Gasteiger partial charge on any atom is -0.380 e. The Labute approximate surface area is 104 Å². The normalized spacial score (nSPS) is 12.1. The largest absolute Gasteiger partial charge is 0.380 e. The third-order valence-corrected chi connectivity index (χ3v) is 2.74. The lowest BCUT2D eigenvalue weighted by Gasteiger charge is -2.09. The SMILES string of the molecule is O=C(c1ccccc1)C(O)c1ccc(Cl)cc1. The van der Waals surface area contributed by atoms with Crippen molar-refractivity contribution < 1.29 is 9.90 Å². The van der Waals surface area contributed by atoms with Gasteiger partial charge in [0.05, 0.1) is 0 Å². The molecule has 1 unspecified atom stereocenters. The van der Waals surface area contributed by atoms with Crippen LogP contribution in [0.2, 0.25) is 5.02 Å². The lowest BCUT2D eigenvalue weighted by Crippen LogP contribution is -2.11. The van der Waals surface area contributed by atoms with E-state index in [1.807, 2.05) is 6.07 Å². The molecule has 3 heteroatoms. The molecular formula is C14H11ClO2. The van der Waals surface area contributed by atoms with Gasteiger partial charge in [0.25, 0.3) is 0 Å². The number of aliphatic hydroxyl groups is 1. The summed E-state index contributed by atoms with van der Waals surface area (Å²) < 4.78 is 0. The molecule has 0 saturated carbocycles. The molecule has 0 spiro atoms. The Balaban J connectivity index is 2.23. The number of carbonyl (C=O) groups excluding carboxylic acids is 1. The standard InChI is InChI=1S/C14H11ClO2/c15-12-8-6-11(7-9-12)14(17)13(16)10-4-2-1-3-5-10/h1-9,14,17H. The van der Waals surface area contributed by atoms with E-state index < -0.39 is 6.10 Å². The Kier molecular flexibility index (Phi) is 3.57. The Morgan fingerprint density at radius 3 is 2.18 bits per heavy atom. The van der Waals surface area contributed by atoms with E-state index >= 15 is 0 Å². The fraction of sp³-hybridized carbons (Fsp3) is 0.0714. The molecule has 2 nitrogen and oxygen atoms in total. The van der Waals surface area contributed by atoms with Crippen molar-refractivity contribution in [1.82, 2.24) is 0 Å². The van der Waals surface area contributed by atoms with E-state index in [0.29, 0.717) is 16.1 Å². The second-order valence-electron chi connectivity index (χ2n) is 3.68. The minimum absolute atomic E-state index is 0.312. The Bertz CT molecular complexity index is 506. The van der Waals surface area contributed by atoms with Crippen LogP contribution in [0.4, 0.5) is 0 Å². The smallest absolute Gasteiger partial charge is 0.195 e. The van der Waals surface area contributed by atoms with E-state index in [2.05, 4.69) is 0 Å². The van der Waals surface area contributed by atoms with Crippen LogP contribution in [0.1, 0.15) is 22.0 Å². The summed E-state index contributed by atoms with van der Waals surface area (Å²) in [6.07, 6.45) is -1.14. The van der Waals surface area contributed by atoms with Crippen LogP contribution in [-0.2, 0) is 0 Å². The summed E-state index contributed by atoms with van der Waals surface area (Å²) in [6.45, 7) is 0. The van der Waals surface area contributed by atoms with Crippen LogP contribution < -0.4 is 0 Å². The van der Waals surface area contributed by atoms with E-state index in [-0.39, 0.29) is 5.78 Å². The van der Waals surface area contributed by atoms with Gasteiger partial charge in [0.1, 0.15) is 6.10 Å². The first-order chi connectivity index (χ1) is 8.18. The van der Waals surface area contributed by atoms with E-state index in [4.69, 9.17) is 11.6 Å². The van der Waals surface area contributed by atoms with Gasteiger partial charge in [-0.15, -0.1) is 0 Å². The zero-order valence-electron chi connectivity index (χ0n) is 9.01. The van der Waals surface area contributed by atoms with Crippen LogP contribution in [0, 0.1) is 0 Å². The first-order valence-corrected chi connectivity index (χ1v) is 5.59. The summed E-state index contributed by atoms with van der Waals surface area (Å²) in [4.78, 5) is 11.9. The zero-order valence-corrected chi connectivity index (χ0v) is 9.76. The first kappa shape index (κ1) is 11.8. The summed E-state index contributed by atoms with van der Waals surface area (Å²) in [5, 5.41) is 10.5. The van der Waals surface area contributed by atoms with Gasteiger partial charge in [0.15, 0.2) is 5.78 Å². The monoisotopic (exact) mass is 246 g/mol. The molecule has 17 heavy (non-hydrogen) atoms. The number of halogens is 1. The van der Waals surface area contributed by atoms with Crippen molar-refractivity contribution >= 4 is 17.4 Å². The Hall–Kier alpha value is -1.64. The van der Waals surface area contributed by atoms with Gasteiger partial charge in [-0.25, -0.2) is 0 Å². The molecule has 0 radical (unpaired) electrons. The molecule has 0 amide bonds. The Morgan fingerprint density at radius 1 is 1.00 bits per heavy atom. The molecule has 0 heterocycles. The maximum absolute atomic E-state index is 11.9. The third kappa shape index (κ3) is 2.73. The van der Waals surface area contributed by atoms with Crippen molar-refractivity contribution in [3.63, 3.8) is 0 Å². The minimum atomic E-state index is -1.14. The van der Waals surface area contributed by atoms with E-state index in [1.54, 1.807) is 48.5 Å². The average Bonchev–Trinajstić information content (AvgIpc) is 2.39. The highest BCUT2D eigenvalue weighted by molar-refractivity contribution is 6.30. The number of Topliss-reactive ketones (excluding diaryl/α,β-unsaturated/α-hetero) is 1. The van der Waals surface area contributed by atoms with Gasteiger partial charge < -0.3 is 5.11 Å². The van der Waals surface area contributed by atoms with Gasteiger partial charge in [0, 0.05) is 10.6 Å². The molecule has 0 aliphatic heterocycles. The number of hydrogen-bond donors (Lipinski definition) is 1. The van der Waals surface area contributed by atoms with Crippen molar-refractivity contribution in [3.05, 3.63) is 70.7 Å². The summed E-state index contributed by atoms with van der Waals surface area (Å²) >= 11 is 5.75. The average molecular weight is 247 g/mol. The van der Waals surface area contributed by atoms with Crippen LogP contribution in [0.15, 0.2) is 54.6 Å². The van der Waals surface area contributed by atoms with Crippen molar-refractivity contribution in [1.29, 1.82) is 0 Å². The molecule has 1 atom stereocenters. The van der Waals surface area contributed by atoms with Gasteiger partial charge >= 0.3 is 0 Å². The predicted molar refractivity (Wildman–Crippen MR) is 67.2 cm³/mol. The summed E-state index contributed by atoms with van der Waals surface area (Å²) in [5.41, 5.74) is 1.04. The van der Waals surface area contributed by atoms with E-state index in [1.165, 1.54) is 0 Å². The first-order valence-electron chi connectivity index (χ1n) is 5.21. The quantitative estimate of drug-likeness (QED) is 0.844. The molecule has 0 aliphatic carbocycles. The molecule has 0 saturated heterocycles. The van der Waals surface area contributed by atoms with Crippen LogP contribution in [-0.4, -0.2) is 10.9 Å². The van der Waals surface area contributed by atoms with Crippen molar-refractivity contribution in [2.24, 2.45) is 0 Å². The second-order valence-corrected chi connectivity index (χ2v) is 4.12. The number of benzene rings is 2. The topological polar surface area (TPSA) is 37.3 Å². The second kappa shape index (κ2) is 5.13. The molecule has 86 valence electrons. The van der Waals surface area contributed by atoms with Crippen LogP contribution >= 0.6 is 11.6 Å². The predicted octanol–water partition coefficient (Wildman–Crippen LogP) is 3.26. The third-order valence-electron chi connectivity index (χ3n) is 2.49. The fourth-order valence-corrected chi connectivity index (χ4v) is 1.68. The molecule has 2 rings (SSSR count). The molecule has 1 N–H and O–H groups in total. The molecular weight excluding hydrogens is 236 g/mol. The molecule has 0 fully saturated rings. The van der Waals surface area contributed by atoms with Crippen LogP contribution in [0.5, 0.6) is 0 Å². The highest BCUT2D eigenvalue weighted by Gasteiger charge is 2.18. The van der Waals surface area contributed by atoms with Crippen molar-refractivity contribution in [3.8, 4) is 0 Å². The summed E-state index contributed by atoms with van der Waals surface area (Å²) in [7, 11) is 0. The number of carbonyl (C=O) groups is 1. The molecule has 2 aromatic carbocycles. The zero-order chi connectivity index (χ0) is 12.3. The number of aliphatic hydroxyl groups excluding tert-OH is 1. The van der Waals surface area contributed by atoms with Crippen LogP contribution in [0.3, 0.4) is 0 Å². The number of rotatable bonds is 3. The molecule has 2 aromatic rings. The van der Waals surface area contributed by atoms with Crippen LogP contribution in [0.25, 0.3) is 0 Å². The number of ketones is 1. The summed E-state index contributed by atoms with van der Waals surface area (Å²) in [5.74, 6) is -0.312. The van der Waals surface area contributed by atoms with Gasteiger partial charge in [-0.05, 0) is 17.7 Å². The van der Waals surface area contributed by atoms with Gasteiger partial charge in [-0.2, -0.15) is 0 Å². The van der Waals surface area contributed by atoms with Gasteiger partial charge in [0.2, 0.25) is 0 Å². The maximum Gasteiger partial charge on any atom is 0.195 e. The number of hydrogen-bond acceptors (Lipinski definition) is 2. The van der Waals surface area contributed by atoms with Crippen molar-refractivity contribution in [2.45, 2.75) is 6.10 Å².